The summed E-state index contributed by atoms with van der Waals surface area (Å²) in [6.45, 7) is 9.43. The van der Waals surface area contributed by atoms with E-state index in [0.29, 0.717) is 36.7 Å². The number of hydrogen-bond acceptors (Lipinski definition) is 6. The van der Waals surface area contributed by atoms with E-state index in [9.17, 15) is 0 Å². The summed E-state index contributed by atoms with van der Waals surface area (Å²) in [7, 11) is 0. The van der Waals surface area contributed by atoms with Crippen LogP contribution in [0.4, 0.5) is 0 Å². The molecule has 4 aromatic carbocycles. The third-order valence-electron chi connectivity index (χ3n) is 7.73. The van der Waals surface area contributed by atoms with Gasteiger partial charge in [-0.15, -0.1) is 0 Å². The zero-order valence-corrected chi connectivity index (χ0v) is 25.4. The molecule has 1 atom stereocenters. The molecule has 7 nitrogen and oxygen atoms in total. The van der Waals surface area contributed by atoms with Gasteiger partial charge in [-0.1, -0.05) is 84.7 Å². The Morgan fingerprint density at radius 1 is 0.568 bits per heavy atom. The highest BCUT2D eigenvalue weighted by atomic mass is 16.5. The van der Waals surface area contributed by atoms with Crippen molar-refractivity contribution >= 4 is 23.5 Å². The maximum Gasteiger partial charge on any atom is 0.216 e. The van der Waals surface area contributed by atoms with Gasteiger partial charge in [-0.3, -0.25) is 4.99 Å². The van der Waals surface area contributed by atoms with Crippen LogP contribution in [-0.2, 0) is 9.47 Å². The van der Waals surface area contributed by atoms with Crippen LogP contribution >= 0.6 is 0 Å². The molecule has 3 aliphatic rings. The van der Waals surface area contributed by atoms with Crippen LogP contribution in [-0.4, -0.2) is 47.8 Å². The second-order valence-corrected chi connectivity index (χ2v) is 12.6. The average Bonchev–Trinajstić information content (AvgIpc) is 3.62. The van der Waals surface area contributed by atoms with Crippen molar-refractivity contribution in [2.24, 2.45) is 20.0 Å². The first-order valence-electron chi connectivity index (χ1n) is 14.9. The lowest BCUT2D eigenvalue weighted by Gasteiger charge is -2.32. The summed E-state index contributed by atoms with van der Waals surface area (Å²) in [5.74, 6) is 2.61. The standard InChI is InChI=1S/C37H34N5O2/c1-36(2)22-43-34(41-36)29-18-14-27(15-19-29)32-38-31(26-12-10-25(11-13-26)24-8-6-5-7-9-24)39-33(40-32)28-16-20-30(21-17-28)35-42-37(3,4)23-44-35/h5-21,32H,22-23H2,1-4H3/q-1. The van der Waals surface area contributed by atoms with E-state index in [4.69, 9.17) is 34.8 Å². The minimum atomic E-state index is -0.453. The summed E-state index contributed by atoms with van der Waals surface area (Å²) in [6, 6.07) is 34.9. The number of ether oxygens (including phenoxy) is 2. The molecule has 0 aliphatic carbocycles. The zero-order chi connectivity index (χ0) is 30.3. The van der Waals surface area contributed by atoms with E-state index in [1.807, 2.05) is 66.7 Å². The summed E-state index contributed by atoms with van der Waals surface area (Å²) in [5.41, 5.74) is 6.56. The topological polar surface area (TPSA) is 82.0 Å². The third-order valence-corrected chi connectivity index (χ3v) is 7.73. The number of hydrogen-bond donors (Lipinski definition) is 0. The molecule has 0 fully saturated rings. The van der Waals surface area contributed by atoms with E-state index in [-0.39, 0.29) is 11.1 Å². The molecule has 0 aromatic heterocycles. The molecule has 0 saturated carbocycles. The van der Waals surface area contributed by atoms with Crippen molar-refractivity contribution in [1.29, 1.82) is 0 Å². The molecule has 44 heavy (non-hydrogen) atoms. The van der Waals surface area contributed by atoms with Gasteiger partial charge in [0.25, 0.3) is 0 Å². The SMILES string of the molecule is CC1(C)COC(c2ccc(C3=NC(c4ccc(C5=NC(C)(C)CO5)cc4)[N-]C(c4ccc(-c5ccccc5)cc4)=N3)cc2)=N1. The van der Waals surface area contributed by atoms with Gasteiger partial charge in [-0.2, -0.15) is 0 Å². The van der Waals surface area contributed by atoms with Crippen molar-refractivity contribution < 1.29 is 9.47 Å². The third kappa shape index (κ3) is 5.78. The lowest BCUT2D eigenvalue weighted by atomic mass is 10.0. The highest BCUT2D eigenvalue weighted by Gasteiger charge is 2.28. The highest BCUT2D eigenvalue weighted by Crippen LogP contribution is 2.33. The van der Waals surface area contributed by atoms with Crippen LogP contribution in [0.2, 0.25) is 0 Å². The maximum atomic E-state index is 5.85. The Morgan fingerprint density at radius 2 is 1.05 bits per heavy atom. The quantitative estimate of drug-likeness (QED) is 0.234. The van der Waals surface area contributed by atoms with Crippen molar-refractivity contribution in [3.8, 4) is 11.1 Å². The molecule has 3 heterocycles. The molecule has 0 spiro atoms. The van der Waals surface area contributed by atoms with Crippen molar-refractivity contribution in [1.82, 2.24) is 0 Å². The van der Waals surface area contributed by atoms with Crippen molar-refractivity contribution in [3.05, 3.63) is 136 Å². The van der Waals surface area contributed by atoms with Crippen LogP contribution in [0.3, 0.4) is 0 Å². The largest absolute Gasteiger partial charge is 0.475 e. The normalized spacial score (nSPS) is 20.0. The molecule has 0 amide bonds. The molecule has 0 bridgehead atoms. The van der Waals surface area contributed by atoms with Crippen LogP contribution < -0.4 is 0 Å². The van der Waals surface area contributed by atoms with Gasteiger partial charge in [-0.05, 0) is 79.8 Å². The highest BCUT2D eigenvalue weighted by molar-refractivity contribution is 6.18. The fraction of sp³-hybridized carbons (Fsp3) is 0.243. The molecular formula is C37H34N5O2-. The first-order chi connectivity index (χ1) is 21.2. The number of rotatable bonds is 6. The van der Waals surface area contributed by atoms with Gasteiger partial charge < -0.3 is 19.8 Å². The minimum Gasteiger partial charge on any atom is -0.475 e. The average molecular weight is 581 g/mol. The number of aliphatic imine (C=N–C) groups is 4. The van der Waals surface area contributed by atoms with Crippen LogP contribution in [0.5, 0.6) is 0 Å². The predicted octanol–water partition coefficient (Wildman–Crippen LogP) is 7.74. The van der Waals surface area contributed by atoms with Crippen molar-refractivity contribution in [3.63, 3.8) is 0 Å². The Balaban J connectivity index is 1.21. The molecular weight excluding hydrogens is 546 g/mol. The van der Waals surface area contributed by atoms with E-state index in [1.54, 1.807) is 0 Å². The Kier molecular flexibility index (Phi) is 6.88. The van der Waals surface area contributed by atoms with Crippen LogP contribution in [0.15, 0.2) is 123 Å². The first kappa shape index (κ1) is 27.8. The Bertz CT molecular complexity index is 1800. The van der Waals surface area contributed by atoms with E-state index < -0.39 is 6.17 Å². The van der Waals surface area contributed by atoms with Gasteiger partial charge in [0.2, 0.25) is 11.8 Å². The Labute approximate surface area is 258 Å². The van der Waals surface area contributed by atoms with Gasteiger partial charge in [0, 0.05) is 11.1 Å². The molecule has 0 radical (unpaired) electrons. The fourth-order valence-corrected chi connectivity index (χ4v) is 5.31. The summed E-state index contributed by atoms with van der Waals surface area (Å²) >= 11 is 0. The number of amidine groups is 2. The smallest absolute Gasteiger partial charge is 0.216 e. The van der Waals surface area contributed by atoms with Gasteiger partial charge in [0.05, 0.1) is 23.1 Å². The van der Waals surface area contributed by atoms with Crippen LogP contribution in [0.25, 0.3) is 16.4 Å². The van der Waals surface area contributed by atoms with Gasteiger partial charge in [0.1, 0.15) is 13.2 Å². The zero-order valence-electron chi connectivity index (χ0n) is 25.4. The van der Waals surface area contributed by atoms with Crippen molar-refractivity contribution in [2.75, 3.05) is 13.2 Å². The molecule has 7 heteroatoms. The maximum absolute atomic E-state index is 5.85. The summed E-state index contributed by atoms with van der Waals surface area (Å²) < 4.78 is 11.7. The van der Waals surface area contributed by atoms with Gasteiger partial charge >= 0.3 is 0 Å². The first-order valence-corrected chi connectivity index (χ1v) is 14.9. The van der Waals surface area contributed by atoms with E-state index >= 15 is 0 Å². The van der Waals surface area contributed by atoms with E-state index in [0.717, 1.165) is 33.4 Å². The molecule has 1 unspecified atom stereocenters. The molecule has 7 rings (SSSR count). The summed E-state index contributed by atoms with van der Waals surface area (Å²) in [6.07, 6.45) is -0.453. The minimum absolute atomic E-state index is 0.213. The lowest BCUT2D eigenvalue weighted by molar-refractivity contribution is 0.279. The number of benzene rings is 4. The van der Waals surface area contributed by atoms with Crippen LogP contribution in [0.1, 0.15) is 61.7 Å². The van der Waals surface area contributed by atoms with E-state index in [1.165, 1.54) is 5.56 Å². The lowest BCUT2D eigenvalue weighted by Crippen LogP contribution is -2.17. The summed E-state index contributed by atoms with van der Waals surface area (Å²) in [4.78, 5) is 19.4. The fourth-order valence-electron chi connectivity index (χ4n) is 5.31. The monoisotopic (exact) mass is 580 g/mol. The van der Waals surface area contributed by atoms with Crippen LogP contribution in [0, 0.1) is 0 Å². The Hall–Kier alpha value is -5.04. The molecule has 4 aromatic rings. The molecule has 220 valence electrons. The molecule has 0 saturated heterocycles. The second-order valence-electron chi connectivity index (χ2n) is 12.6. The van der Waals surface area contributed by atoms with Crippen molar-refractivity contribution in [2.45, 2.75) is 44.9 Å². The predicted molar refractivity (Wildman–Crippen MR) is 177 cm³/mol. The van der Waals surface area contributed by atoms with E-state index in [2.05, 4.69) is 64.1 Å². The van der Waals surface area contributed by atoms with Gasteiger partial charge in [0.15, 0.2) is 0 Å². The van der Waals surface area contributed by atoms with Gasteiger partial charge in [-0.25, -0.2) is 9.98 Å². The number of nitrogens with zero attached hydrogens (tertiary/aromatic N) is 5. The summed E-state index contributed by atoms with van der Waals surface area (Å²) in [5, 5.41) is 5.01. The molecule has 3 aliphatic heterocycles. The Morgan fingerprint density at radius 3 is 1.59 bits per heavy atom. The molecule has 0 N–H and O–H groups in total. The second kappa shape index (κ2) is 10.9.